The standard InChI is InChI=1S/C28H26Br2ClN3O3/c1-3-5-6-27-33-24-12-9-20(29)14-22(24)28(35)34(27)32-16-19-13-25(36-4-2)26(15-23(19)30)37-17-18-7-10-21(31)11-8-18/h7-16H,3-6,17H2,1-2H3. The number of rotatable bonds is 10. The summed E-state index contributed by atoms with van der Waals surface area (Å²) >= 11 is 13.0. The third-order valence-corrected chi connectivity index (χ3v) is 7.04. The van der Waals surface area contributed by atoms with Gasteiger partial charge in [-0.15, -0.1) is 0 Å². The van der Waals surface area contributed by atoms with Gasteiger partial charge in [-0.25, -0.2) is 4.98 Å². The van der Waals surface area contributed by atoms with E-state index in [0.29, 0.717) is 52.9 Å². The molecule has 0 aliphatic heterocycles. The molecule has 4 rings (SSSR count). The van der Waals surface area contributed by atoms with E-state index in [-0.39, 0.29) is 5.56 Å². The quantitative estimate of drug-likeness (QED) is 0.165. The number of aryl methyl sites for hydroxylation is 1. The second kappa shape index (κ2) is 12.7. The van der Waals surface area contributed by atoms with Crippen molar-refractivity contribution in [2.75, 3.05) is 6.61 Å². The zero-order valence-corrected chi connectivity index (χ0v) is 24.4. The van der Waals surface area contributed by atoms with E-state index in [4.69, 9.17) is 26.1 Å². The molecule has 6 nitrogen and oxygen atoms in total. The first-order valence-electron chi connectivity index (χ1n) is 12.0. The number of fused-ring (bicyclic) bond motifs is 1. The predicted octanol–water partition coefficient (Wildman–Crippen LogP) is 7.78. The largest absolute Gasteiger partial charge is 0.490 e. The zero-order chi connectivity index (χ0) is 26.4. The lowest BCUT2D eigenvalue weighted by Crippen LogP contribution is -2.22. The van der Waals surface area contributed by atoms with Crippen molar-refractivity contribution in [1.29, 1.82) is 0 Å². The number of benzene rings is 3. The van der Waals surface area contributed by atoms with Crippen molar-refractivity contribution < 1.29 is 9.47 Å². The number of halogens is 3. The van der Waals surface area contributed by atoms with Gasteiger partial charge < -0.3 is 9.47 Å². The van der Waals surface area contributed by atoms with Gasteiger partial charge in [0.2, 0.25) is 0 Å². The van der Waals surface area contributed by atoms with E-state index in [2.05, 4.69) is 43.9 Å². The van der Waals surface area contributed by atoms with Crippen molar-refractivity contribution in [3.8, 4) is 11.5 Å². The first-order chi connectivity index (χ1) is 17.9. The minimum atomic E-state index is -0.210. The fraction of sp³-hybridized carbons (Fsp3) is 0.250. The first kappa shape index (κ1) is 27.4. The summed E-state index contributed by atoms with van der Waals surface area (Å²) in [6.07, 6.45) is 4.18. The molecule has 0 aliphatic rings. The van der Waals surface area contributed by atoms with E-state index in [0.717, 1.165) is 32.9 Å². The van der Waals surface area contributed by atoms with Gasteiger partial charge in [0.1, 0.15) is 12.4 Å². The van der Waals surface area contributed by atoms with Gasteiger partial charge in [0.05, 0.1) is 23.7 Å². The molecule has 3 aromatic carbocycles. The Morgan fingerprint density at radius 1 is 1.03 bits per heavy atom. The Balaban J connectivity index is 1.68. The van der Waals surface area contributed by atoms with Crippen molar-refractivity contribution in [3.05, 3.63) is 95.9 Å². The highest BCUT2D eigenvalue weighted by molar-refractivity contribution is 9.10. The molecule has 192 valence electrons. The average molecular weight is 648 g/mol. The van der Waals surface area contributed by atoms with Gasteiger partial charge in [-0.05, 0) is 77.3 Å². The van der Waals surface area contributed by atoms with Crippen LogP contribution >= 0.6 is 43.5 Å². The van der Waals surface area contributed by atoms with Crippen LogP contribution in [0, 0.1) is 0 Å². The molecular formula is C28H26Br2ClN3O3. The molecule has 0 bridgehead atoms. The molecular weight excluding hydrogens is 622 g/mol. The molecule has 0 spiro atoms. The van der Waals surface area contributed by atoms with Crippen LogP contribution in [0.2, 0.25) is 5.02 Å². The molecule has 1 heterocycles. The highest BCUT2D eigenvalue weighted by atomic mass is 79.9. The molecule has 0 aliphatic carbocycles. The second-order valence-electron chi connectivity index (χ2n) is 8.32. The number of unbranched alkanes of at least 4 members (excludes halogenated alkanes) is 1. The molecule has 1 aromatic heterocycles. The van der Waals surface area contributed by atoms with Crippen LogP contribution in [-0.2, 0) is 13.0 Å². The molecule has 0 saturated heterocycles. The second-order valence-corrected chi connectivity index (χ2v) is 10.5. The lowest BCUT2D eigenvalue weighted by Gasteiger charge is -2.14. The van der Waals surface area contributed by atoms with E-state index in [1.807, 2.05) is 55.5 Å². The van der Waals surface area contributed by atoms with Crippen LogP contribution in [0.15, 0.2) is 73.4 Å². The number of aromatic nitrogens is 2. The fourth-order valence-corrected chi connectivity index (χ4v) is 4.61. The van der Waals surface area contributed by atoms with Gasteiger partial charge in [-0.1, -0.05) is 53.0 Å². The van der Waals surface area contributed by atoms with Gasteiger partial charge in [0, 0.05) is 26.0 Å². The summed E-state index contributed by atoms with van der Waals surface area (Å²) < 4.78 is 14.9. The Morgan fingerprint density at radius 3 is 2.51 bits per heavy atom. The number of hydrogen-bond acceptors (Lipinski definition) is 5. The summed E-state index contributed by atoms with van der Waals surface area (Å²) in [4.78, 5) is 18.1. The molecule has 0 saturated carbocycles. The maximum absolute atomic E-state index is 13.4. The predicted molar refractivity (Wildman–Crippen MR) is 156 cm³/mol. The highest BCUT2D eigenvalue weighted by Crippen LogP contribution is 2.34. The normalized spacial score (nSPS) is 11.4. The van der Waals surface area contributed by atoms with Crippen LogP contribution in [0.3, 0.4) is 0 Å². The smallest absolute Gasteiger partial charge is 0.282 e. The van der Waals surface area contributed by atoms with Gasteiger partial charge in [-0.2, -0.15) is 9.78 Å². The van der Waals surface area contributed by atoms with Crippen molar-refractivity contribution in [1.82, 2.24) is 9.66 Å². The number of nitrogens with zero attached hydrogens (tertiary/aromatic N) is 3. The third-order valence-electron chi connectivity index (χ3n) is 5.61. The van der Waals surface area contributed by atoms with Crippen LogP contribution in [-0.4, -0.2) is 22.5 Å². The van der Waals surface area contributed by atoms with Gasteiger partial charge in [-0.3, -0.25) is 4.79 Å². The van der Waals surface area contributed by atoms with E-state index >= 15 is 0 Å². The van der Waals surface area contributed by atoms with E-state index in [1.165, 1.54) is 4.68 Å². The Kier molecular flexibility index (Phi) is 9.40. The van der Waals surface area contributed by atoms with Crippen molar-refractivity contribution in [2.45, 2.75) is 39.7 Å². The topological polar surface area (TPSA) is 65.7 Å². The lowest BCUT2D eigenvalue weighted by molar-refractivity contribution is 0.269. The van der Waals surface area contributed by atoms with Crippen LogP contribution in [0.4, 0.5) is 0 Å². The number of hydrogen-bond donors (Lipinski definition) is 0. The summed E-state index contributed by atoms with van der Waals surface area (Å²) in [5.74, 6) is 1.81. The highest BCUT2D eigenvalue weighted by Gasteiger charge is 2.13. The van der Waals surface area contributed by atoms with Gasteiger partial charge in [0.25, 0.3) is 5.56 Å². The van der Waals surface area contributed by atoms with Crippen LogP contribution in [0.1, 0.15) is 43.6 Å². The molecule has 0 amide bonds. The van der Waals surface area contributed by atoms with E-state index < -0.39 is 0 Å². The van der Waals surface area contributed by atoms with E-state index in [9.17, 15) is 4.79 Å². The summed E-state index contributed by atoms with van der Waals surface area (Å²) in [6, 6.07) is 16.7. The summed E-state index contributed by atoms with van der Waals surface area (Å²) in [7, 11) is 0. The average Bonchev–Trinajstić information content (AvgIpc) is 2.89. The molecule has 0 fully saturated rings. The summed E-state index contributed by atoms with van der Waals surface area (Å²) in [6.45, 7) is 4.86. The van der Waals surface area contributed by atoms with Crippen LogP contribution in [0.25, 0.3) is 10.9 Å². The van der Waals surface area contributed by atoms with Crippen LogP contribution in [0.5, 0.6) is 11.5 Å². The lowest BCUT2D eigenvalue weighted by atomic mass is 10.2. The maximum Gasteiger partial charge on any atom is 0.282 e. The summed E-state index contributed by atoms with van der Waals surface area (Å²) in [5, 5.41) is 5.75. The first-order valence-corrected chi connectivity index (χ1v) is 13.9. The number of ether oxygens (including phenoxy) is 2. The van der Waals surface area contributed by atoms with Crippen molar-refractivity contribution in [2.24, 2.45) is 5.10 Å². The van der Waals surface area contributed by atoms with Crippen molar-refractivity contribution in [3.63, 3.8) is 0 Å². The zero-order valence-electron chi connectivity index (χ0n) is 20.5. The molecule has 0 atom stereocenters. The molecule has 0 radical (unpaired) electrons. The van der Waals surface area contributed by atoms with Crippen molar-refractivity contribution >= 4 is 60.6 Å². The van der Waals surface area contributed by atoms with Crippen LogP contribution < -0.4 is 15.0 Å². The Hall–Kier alpha value is -2.68. The molecule has 4 aromatic rings. The molecule has 0 unspecified atom stereocenters. The minimum absolute atomic E-state index is 0.210. The molecule has 37 heavy (non-hydrogen) atoms. The van der Waals surface area contributed by atoms with Gasteiger partial charge in [0.15, 0.2) is 11.5 Å². The Bertz CT molecular complexity index is 1490. The SMILES string of the molecule is CCCCc1nc2ccc(Br)cc2c(=O)n1N=Cc1cc(OCC)c(OCc2ccc(Cl)cc2)cc1Br. The minimum Gasteiger partial charge on any atom is -0.490 e. The maximum atomic E-state index is 13.4. The molecule has 9 heteroatoms. The Labute approximate surface area is 237 Å². The monoisotopic (exact) mass is 645 g/mol. The van der Waals surface area contributed by atoms with Gasteiger partial charge >= 0.3 is 0 Å². The fourth-order valence-electron chi connectivity index (χ4n) is 3.70. The Morgan fingerprint density at radius 2 is 1.78 bits per heavy atom. The third kappa shape index (κ3) is 6.80. The molecule has 0 N–H and O–H groups in total. The summed E-state index contributed by atoms with van der Waals surface area (Å²) in [5.41, 5.74) is 2.18. The van der Waals surface area contributed by atoms with E-state index in [1.54, 1.807) is 12.3 Å².